The number of hydrogen-bond acceptors (Lipinski definition) is 3. The molecule has 20 heavy (non-hydrogen) atoms. The average molecular weight is 294 g/mol. The highest BCUT2D eigenvalue weighted by Gasteiger charge is 2.25. The van der Waals surface area contributed by atoms with E-state index in [1.165, 1.54) is 44.6 Å². The van der Waals surface area contributed by atoms with E-state index < -0.39 is 0 Å². The van der Waals surface area contributed by atoms with Gasteiger partial charge in [0.25, 0.3) is 0 Å². The molecule has 1 aromatic carbocycles. The van der Waals surface area contributed by atoms with Gasteiger partial charge in [-0.15, -0.1) is 0 Å². The Labute approximate surface area is 126 Å². The Morgan fingerprint density at radius 1 is 1.00 bits per heavy atom. The van der Waals surface area contributed by atoms with Crippen LogP contribution in [0.15, 0.2) is 24.3 Å². The maximum absolute atomic E-state index is 5.94. The maximum atomic E-state index is 5.94. The second-order valence-electron chi connectivity index (χ2n) is 5.92. The smallest absolute Gasteiger partial charge is 0.0406 e. The lowest BCUT2D eigenvalue weighted by atomic mass is 10.0. The van der Waals surface area contributed by atoms with Crippen LogP contribution >= 0.6 is 11.6 Å². The summed E-state index contributed by atoms with van der Waals surface area (Å²) in [6, 6.07) is 9.07. The van der Waals surface area contributed by atoms with Gasteiger partial charge in [-0.25, -0.2) is 0 Å². The van der Waals surface area contributed by atoms with Crippen LogP contribution in [0.3, 0.4) is 0 Å². The summed E-state index contributed by atoms with van der Waals surface area (Å²) >= 11 is 5.94. The van der Waals surface area contributed by atoms with Crippen LogP contribution in [0.25, 0.3) is 0 Å². The molecule has 2 saturated heterocycles. The predicted molar refractivity (Wildman–Crippen MR) is 84.2 cm³/mol. The molecular weight excluding hydrogens is 270 g/mol. The van der Waals surface area contributed by atoms with Crippen molar-refractivity contribution in [1.29, 1.82) is 0 Å². The predicted octanol–water partition coefficient (Wildman–Crippen LogP) is 2.21. The van der Waals surface area contributed by atoms with Crippen molar-refractivity contribution in [3.63, 3.8) is 0 Å². The minimum Gasteiger partial charge on any atom is -0.314 e. The molecule has 0 spiro atoms. The SMILES string of the molecule is Clc1ccc(CN2CCC(N3CCNCC3)CC2)cc1. The van der Waals surface area contributed by atoms with Gasteiger partial charge in [0.1, 0.15) is 0 Å². The molecule has 0 amide bonds. The fraction of sp³-hybridized carbons (Fsp3) is 0.625. The first-order chi connectivity index (χ1) is 9.81. The van der Waals surface area contributed by atoms with Crippen molar-refractivity contribution in [2.75, 3.05) is 39.3 Å². The molecule has 2 heterocycles. The van der Waals surface area contributed by atoms with E-state index in [2.05, 4.69) is 27.2 Å². The number of rotatable bonds is 3. The average Bonchev–Trinajstić information content (AvgIpc) is 2.51. The summed E-state index contributed by atoms with van der Waals surface area (Å²) in [5.74, 6) is 0. The number of hydrogen-bond donors (Lipinski definition) is 1. The van der Waals surface area contributed by atoms with Gasteiger partial charge in [-0.05, 0) is 43.6 Å². The Kier molecular flexibility index (Phi) is 4.94. The molecule has 0 radical (unpaired) electrons. The highest BCUT2D eigenvalue weighted by atomic mass is 35.5. The van der Waals surface area contributed by atoms with E-state index in [4.69, 9.17) is 11.6 Å². The van der Waals surface area contributed by atoms with Gasteiger partial charge in [-0.3, -0.25) is 9.80 Å². The summed E-state index contributed by atoms with van der Waals surface area (Å²) in [6.07, 6.45) is 2.63. The van der Waals surface area contributed by atoms with Gasteiger partial charge < -0.3 is 5.32 Å². The Morgan fingerprint density at radius 3 is 2.30 bits per heavy atom. The summed E-state index contributed by atoms with van der Waals surface area (Å²) < 4.78 is 0. The van der Waals surface area contributed by atoms with Crippen LogP contribution < -0.4 is 5.32 Å². The number of nitrogens with zero attached hydrogens (tertiary/aromatic N) is 2. The molecule has 0 unspecified atom stereocenters. The number of likely N-dealkylation sites (tertiary alicyclic amines) is 1. The van der Waals surface area contributed by atoms with Crippen molar-refractivity contribution >= 4 is 11.6 Å². The Balaban J connectivity index is 1.47. The van der Waals surface area contributed by atoms with Gasteiger partial charge in [0.2, 0.25) is 0 Å². The Bertz CT molecular complexity index is 406. The van der Waals surface area contributed by atoms with Gasteiger partial charge in [0.15, 0.2) is 0 Å². The molecule has 2 aliphatic heterocycles. The normalized spacial score (nSPS) is 23.1. The monoisotopic (exact) mass is 293 g/mol. The van der Waals surface area contributed by atoms with Crippen LogP contribution in [0.4, 0.5) is 0 Å². The van der Waals surface area contributed by atoms with E-state index in [1.54, 1.807) is 0 Å². The first-order valence-corrected chi connectivity index (χ1v) is 8.10. The van der Waals surface area contributed by atoms with E-state index in [9.17, 15) is 0 Å². The zero-order chi connectivity index (χ0) is 13.8. The molecule has 0 atom stereocenters. The minimum absolute atomic E-state index is 0.804. The zero-order valence-electron chi connectivity index (χ0n) is 12.0. The number of piperazine rings is 1. The van der Waals surface area contributed by atoms with E-state index in [-0.39, 0.29) is 0 Å². The third-order valence-corrected chi connectivity index (χ3v) is 4.80. The van der Waals surface area contributed by atoms with Crippen molar-refractivity contribution in [3.05, 3.63) is 34.9 Å². The molecule has 3 rings (SSSR count). The minimum atomic E-state index is 0.804. The third-order valence-electron chi connectivity index (χ3n) is 4.54. The van der Waals surface area contributed by atoms with Crippen LogP contribution in [0, 0.1) is 0 Å². The third kappa shape index (κ3) is 3.73. The molecule has 4 heteroatoms. The molecule has 2 aliphatic rings. The van der Waals surface area contributed by atoms with Gasteiger partial charge in [0, 0.05) is 43.8 Å². The van der Waals surface area contributed by atoms with Crippen molar-refractivity contribution in [2.45, 2.75) is 25.4 Å². The lowest BCUT2D eigenvalue weighted by molar-refractivity contribution is 0.0948. The van der Waals surface area contributed by atoms with Crippen LogP contribution in [0.5, 0.6) is 0 Å². The van der Waals surface area contributed by atoms with Gasteiger partial charge in [-0.1, -0.05) is 23.7 Å². The molecule has 110 valence electrons. The number of nitrogens with one attached hydrogen (secondary N) is 1. The lowest BCUT2D eigenvalue weighted by Gasteiger charge is -2.40. The summed E-state index contributed by atoms with van der Waals surface area (Å²) in [7, 11) is 0. The first kappa shape index (κ1) is 14.3. The second kappa shape index (κ2) is 6.90. The van der Waals surface area contributed by atoms with Crippen LogP contribution in [0.2, 0.25) is 5.02 Å². The van der Waals surface area contributed by atoms with Crippen molar-refractivity contribution in [1.82, 2.24) is 15.1 Å². The summed E-state index contributed by atoms with van der Waals surface area (Å²) in [5.41, 5.74) is 1.37. The maximum Gasteiger partial charge on any atom is 0.0406 e. The molecular formula is C16H24ClN3. The van der Waals surface area contributed by atoms with Crippen molar-refractivity contribution in [3.8, 4) is 0 Å². The highest BCUT2D eigenvalue weighted by Crippen LogP contribution is 2.19. The molecule has 0 aromatic heterocycles. The number of benzene rings is 1. The van der Waals surface area contributed by atoms with Crippen molar-refractivity contribution in [2.24, 2.45) is 0 Å². The molecule has 1 N–H and O–H groups in total. The van der Waals surface area contributed by atoms with Crippen molar-refractivity contribution < 1.29 is 0 Å². The van der Waals surface area contributed by atoms with E-state index in [1.807, 2.05) is 12.1 Å². The molecule has 3 nitrogen and oxygen atoms in total. The summed E-state index contributed by atoms with van der Waals surface area (Å²) in [6.45, 7) is 8.26. The summed E-state index contributed by atoms with van der Waals surface area (Å²) in [4.78, 5) is 5.25. The molecule has 2 fully saturated rings. The van der Waals surface area contributed by atoms with E-state index in [0.717, 1.165) is 30.7 Å². The van der Waals surface area contributed by atoms with E-state index >= 15 is 0 Å². The van der Waals surface area contributed by atoms with E-state index in [0.29, 0.717) is 0 Å². The molecule has 0 bridgehead atoms. The Morgan fingerprint density at radius 2 is 1.65 bits per heavy atom. The first-order valence-electron chi connectivity index (χ1n) is 7.73. The van der Waals surface area contributed by atoms with Gasteiger partial charge in [0.05, 0.1) is 0 Å². The fourth-order valence-corrected chi connectivity index (χ4v) is 3.46. The quantitative estimate of drug-likeness (QED) is 0.922. The Hall–Kier alpha value is -0.610. The topological polar surface area (TPSA) is 18.5 Å². The highest BCUT2D eigenvalue weighted by molar-refractivity contribution is 6.30. The zero-order valence-corrected chi connectivity index (χ0v) is 12.8. The largest absolute Gasteiger partial charge is 0.314 e. The number of halogens is 1. The van der Waals surface area contributed by atoms with Gasteiger partial charge >= 0.3 is 0 Å². The standard InChI is InChI=1S/C16H24ClN3/c17-15-3-1-14(2-4-15)13-19-9-5-16(6-10-19)20-11-7-18-8-12-20/h1-4,16,18H,5-13H2. The molecule has 0 saturated carbocycles. The lowest BCUT2D eigenvalue weighted by Crippen LogP contribution is -2.51. The summed E-state index contributed by atoms with van der Waals surface area (Å²) in [5, 5.41) is 4.26. The molecule has 1 aromatic rings. The van der Waals surface area contributed by atoms with Gasteiger partial charge in [-0.2, -0.15) is 0 Å². The van der Waals surface area contributed by atoms with Crippen LogP contribution in [0.1, 0.15) is 18.4 Å². The van der Waals surface area contributed by atoms with Crippen LogP contribution in [-0.2, 0) is 6.54 Å². The fourth-order valence-electron chi connectivity index (χ4n) is 3.34. The second-order valence-corrected chi connectivity index (χ2v) is 6.36. The molecule has 0 aliphatic carbocycles. The van der Waals surface area contributed by atoms with Crippen LogP contribution in [-0.4, -0.2) is 55.1 Å². The number of piperidine rings is 1.